The van der Waals surface area contributed by atoms with Crippen LogP contribution in [0.25, 0.3) is 11.0 Å². The lowest BCUT2D eigenvalue weighted by Crippen LogP contribution is -2.15. The van der Waals surface area contributed by atoms with Gasteiger partial charge in [0.2, 0.25) is 0 Å². The van der Waals surface area contributed by atoms with E-state index in [4.69, 9.17) is 12.2 Å². The number of hydrogen-bond acceptors (Lipinski definition) is 1. The van der Waals surface area contributed by atoms with Gasteiger partial charge in [0.1, 0.15) is 11.3 Å². The molecule has 1 aromatic carbocycles. The molecule has 0 radical (unpaired) electrons. The van der Waals surface area contributed by atoms with Gasteiger partial charge < -0.3 is 9.55 Å². The third-order valence-corrected chi connectivity index (χ3v) is 4.18. The molecule has 2 aromatic rings. The van der Waals surface area contributed by atoms with Crippen molar-refractivity contribution in [3.05, 3.63) is 28.5 Å². The maximum Gasteiger partial charge on any atom is 0.178 e. The minimum atomic E-state index is -0.600. The van der Waals surface area contributed by atoms with Crippen molar-refractivity contribution in [3.63, 3.8) is 0 Å². The monoisotopic (exact) mass is 284 g/mol. The summed E-state index contributed by atoms with van der Waals surface area (Å²) < 4.78 is 29.4. The molecule has 2 nitrogen and oxygen atoms in total. The lowest BCUT2D eigenvalue weighted by atomic mass is 9.95. The van der Waals surface area contributed by atoms with Crippen LogP contribution in [0.3, 0.4) is 0 Å². The lowest BCUT2D eigenvalue weighted by Gasteiger charge is -2.23. The normalized spacial score (nSPS) is 13.4. The number of benzene rings is 1. The summed E-state index contributed by atoms with van der Waals surface area (Å²) in [6.07, 6.45) is 2.01. The maximum atomic E-state index is 13.7. The second-order valence-corrected chi connectivity index (χ2v) is 5.29. The number of rotatable bonds is 4. The summed E-state index contributed by atoms with van der Waals surface area (Å²) >= 11 is 5.27. The van der Waals surface area contributed by atoms with Crippen molar-refractivity contribution in [2.75, 3.05) is 0 Å². The molecule has 5 heteroatoms. The summed E-state index contributed by atoms with van der Waals surface area (Å²) in [5.74, 6) is -0.752. The van der Waals surface area contributed by atoms with Gasteiger partial charge in [-0.3, -0.25) is 0 Å². The van der Waals surface area contributed by atoms with Gasteiger partial charge in [0.25, 0.3) is 0 Å². The Hall–Kier alpha value is -1.23. The number of nitrogens with zero attached hydrogens (tertiary/aromatic N) is 1. The predicted octanol–water partition coefficient (Wildman–Crippen LogP) is 4.97. The molecule has 1 N–H and O–H groups in total. The van der Waals surface area contributed by atoms with Gasteiger partial charge in [-0.1, -0.05) is 26.7 Å². The minimum absolute atomic E-state index is 0.109. The van der Waals surface area contributed by atoms with E-state index in [1.807, 2.05) is 11.5 Å². The number of halogens is 2. The highest BCUT2D eigenvalue weighted by atomic mass is 32.1. The van der Waals surface area contributed by atoms with Crippen LogP contribution < -0.4 is 0 Å². The van der Waals surface area contributed by atoms with Crippen LogP contribution in [-0.4, -0.2) is 9.55 Å². The van der Waals surface area contributed by atoms with Crippen LogP contribution in [0, 0.1) is 22.3 Å². The molecule has 104 valence electrons. The number of aromatic nitrogens is 2. The lowest BCUT2D eigenvalue weighted by molar-refractivity contribution is 0.337. The zero-order valence-corrected chi connectivity index (χ0v) is 12.2. The number of aromatic amines is 1. The van der Waals surface area contributed by atoms with E-state index in [9.17, 15) is 8.78 Å². The molecular formula is C14H18F2N2S. The van der Waals surface area contributed by atoms with Crippen molar-refractivity contribution in [2.45, 2.75) is 39.7 Å². The van der Waals surface area contributed by atoms with Crippen molar-refractivity contribution in [1.29, 1.82) is 0 Å². The van der Waals surface area contributed by atoms with E-state index in [-0.39, 0.29) is 11.6 Å². The molecule has 0 aliphatic carbocycles. The Balaban J connectivity index is 2.66. The number of hydrogen-bond donors (Lipinski definition) is 1. The Bertz CT molecular complexity index is 641. The molecular weight excluding hydrogens is 266 g/mol. The smallest absolute Gasteiger partial charge is 0.178 e. The third kappa shape index (κ3) is 2.43. The van der Waals surface area contributed by atoms with Crippen LogP contribution in [0.15, 0.2) is 12.1 Å². The fourth-order valence-electron chi connectivity index (χ4n) is 2.74. The SMILES string of the molecule is CCC(CC)C(C)n1c(=S)[nH]c2c(F)cc(F)cc21. The highest BCUT2D eigenvalue weighted by molar-refractivity contribution is 7.71. The maximum absolute atomic E-state index is 13.7. The van der Waals surface area contributed by atoms with E-state index in [0.29, 0.717) is 16.2 Å². The van der Waals surface area contributed by atoms with Crippen molar-refractivity contribution >= 4 is 23.3 Å². The van der Waals surface area contributed by atoms with Crippen molar-refractivity contribution in [1.82, 2.24) is 9.55 Å². The second kappa shape index (κ2) is 5.41. The molecule has 1 atom stereocenters. The first-order valence-corrected chi connectivity index (χ1v) is 6.99. The Kier molecular flexibility index (Phi) is 4.04. The predicted molar refractivity (Wildman–Crippen MR) is 75.8 cm³/mol. The Morgan fingerprint density at radius 1 is 1.26 bits per heavy atom. The van der Waals surface area contributed by atoms with Gasteiger partial charge in [0.05, 0.1) is 5.52 Å². The van der Waals surface area contributed by atoms with Gasteiger partial charge in [0.15, 0.2) is 10.6 Å². The largest absolute Gasteiger partial charge is 0.328 e. The molecule has 0 aliphatic rings. The number of imidazole rings is 1. The highest BCUT2D eigenvalue weighted by Gasteiger charge is 2.20. The first-order valence-electron chi connectivity index (χ1n) is 6.58. The molecule has 0 spiro atoms. The average molecular weight is 284 g/mol. The van der Waals surface area contributed by atoms with E-state index in [1.165, 1.54) is 6.07 Å². The average Bonchev–Trinajstić information content (AvgIpc) is 2.67. The van der Waals surface area contributed by atoms with E-state index in [1.54, 1.807) is 0 Å². The van der Waals surface area contributed by atoms with Crippen LogP contribution in [0.5, 0.6) is 0 Å². The van der Waals surface area contributed by atoms with Gasteiger partial charge >= 0.3 is 0 Å². The van der Waals surface area contributed by atoms with Gasteiger partial charge in [-0.05, 0) is 31.1 Å². The molecule has 0 bridgehead atoms. The first-order chi connectivity index (χ1) is 8.99. The second-order valence-electron chi connectivity index (χ2n) is 4.90. The quantitative estimate of drug-likeness (QED) is 0.786. The Morgan fingerprint density at radius 3 is 2.47 bits per heavy atom. The summed E-state index contributed by atoms with van der Waals surface area (Å²) in [6, 6.07) is 2.32. The zero-order chi connectivity index (χ0) is 14.2. The Morgan fingerprint density at radius 2 is 1.89 bits per heavy atom. The van der Waals surface area contributed by atoms with Gasteiger partial charge in [-0.15, -0.1) is 0 Å². The van der Waals surface area contributed by atoms with Crippen molar-refractivity contribution < 1.29 is 8.78 Å². The van der Waals surface area contributed by atoms with E-state index >= 15 is 0 Å². The fourth-order valence-corrected chi connectivity index (χ4v) is 3.10. The van der Waals surface area contributed by atoms with Crippen LogP contribution >= 0.6 is 12.2 Å². The summed E-state index contributed by atoms with van der Waals surface area (Å²) in [7, 11) is 0. The molecule has 2 rings (SSSR count). The molecule has 1 unspecified atom stereocenters. The molecule has 0 amide bonds. The molecule has 0 aliphatic heterocycles. The topological polar surface area (TPSA) is 20.7 Å². The van der Waals surface area contributed by atoms with Crippen LogP contribution in [-0.2, 0) is 0 Å². The van der Waals surface area contributed by atoms with Crippen LogP contribution in [0.2, 0.25) is 0 Å². The van der Waals surface area contributed by atoms with Gasteiger partial charge in [-0.2, -0.15) is 0 Å². The fraction of sp³-hybridized carbons (Fsp3) is 0.500. The highest BCUT2D eigenvalue weighted by Crippen LogP contribution is 2.29. The molecule has 0 fully saturated rings. The van der Waals surface area contributed by atoms with Crippen LogP contribution in [0.4, 0.5) is 8.78 Å². The first kappa shape index (κ1) is 14.2. The molecule has 19 heavy (non-hydrogen) atoms. The number of H-pyrrole nitrogens is 1. The molecule has 1 aromatic heterocycles. The summed E-state index contributed by atoms with van der Waals surface area (Å²) in [6.45, 7) is 6.28. The number of nitrogens with one attached hydrogen (secondary N) is 1. The Labute approximate surface area is 116 Å². The minimum Gasteiger partial charge on any atom is -0.328 e. The summed E-state index contributed by atoms with van der Waals surface area (Å²) in [4.78, 5) is 2.84. The van der Waals surface area contributed by atoms with Gasteiger partial charge in [-0.25, -0.2) is 8.78 Å². The number of fused-ring (bicyclic) bond motifs is 1. The van der Waals surface area contributed by atoms with E-state index in [0.717, 1.165) is 18.9 Å². The van der Waals surface area contributed by atoms with Crippen molar-refractivity contribution in [3.8, 4) is 0 Å². The van der Waals surface area contributed by atoms with Crippen molar-refractivity contribution in [2.24, 2.45) is 5.92 Å². The molecule has 1 heterocycles. The zero-order valence-electron chi connectivity index (χ0n) is 11.3. The van der Waals surface area contributed by atoms with E-state index < -0.39 is 11.6 Å². The third-order valence-electron chi connectivity index (χ3n) is 3.88. The van der Waals surface area contributed by atoms with Crippen LogP contribution in [0.1, 0.15) is 39.7 Å². The van der Waals surface area contributed by atoms with E-state index in [2.05, 4.69) is 18.8 Å². The molecule has 0 saturated heterocycles. The van der Waals surface area contributed by atoms with Gasteiger partial charge in [0, 0.05) is 12.1 Å². The summed E-state index contributed by atoms with van der Waals surface area (Å²) in [5.41, 5.74) is 0.783. The standard InChI is InChI=1S/C14H18F2N2S/c1-4-9(5-2)8(3)18-12-7-10(15)6-11(16)13(12)17-14(18)19/h6-9H,4-5H2,1-3H3,(H,17,19). The molecule has 0 saturated carbocycles. The summed E-state index contributed by atoms with van der Waals surface area (Å²) in [5, 5.41) is 0.